The maximum atomic E-state index is 11.6. The molecule has 2 aliphatic rings. The highest BCUT2D eigenvalue weighted by Crippen LogP contribution is 2.56. The van der Waals surface area contributed by atoms with E-state index in [0.717, 1.165) is 140 Å². The van der Waals surface area contributed by atoms with Crippen LogP contribution in [0, 0.1) is 0 Å². The van der Waals surface area contributed by atoms with Crippen molar-refractivity contribution in [2.45, 2.75) is 78.6 Å². The van der Waals surface area contributed by atoms with Gasteiger partial charge in [0, 0.05) is 45.0 Å². The molecule has 0 amide bonds. The highest BCUT2D eigenvalue weighted by atomic mass is 15.2. The number of nitrogens with zero attached hydrogens (tertiary/aromatic N) is 2. The van der Waals surface area contributed by atoms with E-state index in [1.54, 1.807) is 0 Å². The Morgan fingerprint density at radius 3 is 0.950 bits per heavy atom. The first-order chi connectivity index (χ1) is 49.8. The molecule has 3 heteroatoms. The maximum Gasteiger partial charge on any atom is 0.252 e. The minimum atomic E-state index is -0.704. The number of rotatable bonds is 10. The van der Waals surface area contributed by atoms with Crippen LogP contribution in [-0.2, 0) is 16.2 Å². The summed E-state index contributed by atoms with van der Waals surface area (Å²) in [5.41, 5.74) is 27.7. The van der Waals surface area contributed by atoms with E-state index in [9.17, 15) is 2.74 Å². The molecule has 0 spiro atoms. The third-order valence-corrected chi connectivity index (χ3v) is 21.0. The molecular formula is C98H81BN2. The fourth-order valence-corrected chi connectivity index (χ4v) is 15.5. The Hall–Kier alpha value is -11.5. The standard InChI is InChI=1S/C98H81BN2/c1-96(2,3)78-59-84(73-43-39-68(40-44-73)64-27-15-10-16-28-64)94(85(60-78)74-45-41-69(42-46-74)65-29-17-11-18-30-65)100-89-53-51-75(66-31-19-12-20-32-66)56-87(89)99-88-57-76(67-33-21-13-22-34-67)52-54-90(88)101(92-63-80(98(7,8)9)62-91(100)93(92)99)95-83(70-35-23-14-24-36-70)58-79(97(4,5)6)61-86(95)77-50-49-72-48-47-71-37-25-26-38-81(71)82(72)55-77/h10-63H,1-9H3/i62D,63D. The van der Waals surface area contributed by atoms with Crippen LogP contribution in [0.5, 0.6) is 0 Å². The Bertz CT molecular complexity index is 5690. The van der Waals surface area contributed by atoms with E-state index < -0.39 is 12.1 Å². The Balaban J connectivity index is 1.06. The average Bonchev–Trinajstić information content (AvgIpc) is 0.677. The lowest BCUT2D eigenvalue weighted by Crippen LogP contribution is -2.61. The van der Waals surface area contributed by atoms with Crippen LogP contribution in [0.3, 0.4) is 0 Å². The van der Waals surface area contributed by atoms with Gasteiger partial charge >= 0.3 is 0 Å². The van der Waals surface area contributed by atoms with Crippen LogP contribution < -0.4 is 26.2 Å². The van der Waals surface area contributed by atoms with Gasteiger partial charge in [0.1, 0.15) is 0 Å². The molecule has 2 heterocycles. The Kier molecular flexibility index (Phi) is 14.8. The van der Waals surface area contributed by atoms with Crippen molar-refractivity contribution in [3.63, 3.8) is 0 Å². The molecule has 0 N–H and O–H groups in total. The van der Waals surface area contributed by atoms with E-state index in [4.69, 9.17) is 0 Å². The SMILES string of the molecule is [2H]c1c2c3c(c([2H])c1C(C)(C)C)N(c1c(-c4ccccc4)cc(C(C)(C)C)cc1-c1ccc4ccc5ccccc5c4c1)c1ccc(-c4ccccc4)cc1B3c1cc(-c3ccccc3)ccc1N2c1c(-c2ccc(-c3ccccc3)cc2)cc(C(C)(C)C)cc1-c1ccc(-c2ccccc2)cc1. The molecule has 15 aromatic rings. The molecule has 0 atom stereocenters. The fraction of sp³-hybridized carbons (Fsp3) is 0.122. The molecule has 0 bridgehead atoms. The van der Waals surface area contributed by atoms with Crippen molar-refractivity contribution in [2.24, 2.45) is 0 Å². The largest absolute Gasteiger partial charge is 0.310 e. The minimum absolute atomic E-state index is 0.274. The van der Waals surface area contributed by atoms with Crippen LogP contribution >= 0.6 is 0 Å². The summed E-state index contributed by atoms with van der Waals surface area (Å²) in [4.78, 5) is 5.01. The zero-order chi connectivity index (χ0) is 70.6. The summed E-state index contributed by atoms with van der Waals surface area (Å²) in [6, 6.07) is 117. The van der Waals surface area contributed by atoms with Gasteiger partial charge in [-0.15, -0.1) is 0 Å². The Morgan fingerprint density at radius 1 is 0.248 bits per heavy atom. The van der Waals surface area contributed by atoms with Crippen LogP contribution in [0.25, 0.3) is 111 Å². The van der Waals surface area contributed by atoms with Gasteiger partial charge in [0.25, 0.3) is 6.71 Å². The van der Waals surface area contributed by atoms with E-state index in [1.165, 1.54) is 32.7 Å². The van der Waals surface area contributed by atoms with Gasteiger partial charge in [-0.2, -0.15) is 0 Å². The number of anilines is 6. The number of hydrogen-bond acceptors (Lipinski definition) is 2. The van der Waals surface area contributed by atoms with Gasteiger partial charge in [-0.3, -0.25) is 0 Å². The van der Waals surface area contributed by atoms with E-state index in [2.05, 4.69) is 388 Å². The second-order valence-corrected chi connectivity index (χ2v) is 30.7. The van der Waals surface area contributed by atoms with E-state index in [-0.39, 0.29) is 10.8 Å². The Labute approximate surface area is 599 Å². The first kappa shape index (κ1) is 60.6. The second kappa shape index (κ2) is 24.7. The first-order valence-electron chi connectivity index (χ1n) is 36.7. The average molecular weight is 1300 g/mol. The fourth-order valence-electron chi connectivity index (χ4n) is 15.5. The number of hydrogen-bond donors (Lipinski definition) is 0. The van der Waals surface area contributed by atoms with Crippen molar-refractivity contribution >= 4 is 78.8 Å². The molecule has 0 saturated carbocycles. The third-order valence-electron chi connectivity index (χ3n) is 21.0. The molecule has 2 nitrogen and oxygen atoms in total. The predicted octanol–water partition coefficient (Wildman–Crippen LogP) is 25.3. The molecule has 0 fully saturated rings. The summed E-state index contributed by atoms with van der Waals surface area (Å²) in [7, 11) is 0. The number of benzene rings is 15. The topological polar surface area (TPSA) is 6.48 Å². The zero-order valence-electron chi connectivity index (χ0n) is 61.0. The third kappa shape index (κ3) is 11.3. The summed E-state index contributed by atoms with van der Waals surface area (Å²) in [6.07, 6.45) is 0. The van der Waals surface area contributed by atoms with Gasteiger partial charge in [0.05, 0.1) is 14.1 Å². The molecule has 0 radical (unpaired) electrons. The summed E-state index contributed by atoms with van der Waals surface area (Å²) in [6.45, 7) is 20.1. The van der Waals surface area contributed by atoms with Crippen LogP contribution in [0.1, 0.15) is 81.7 Å². The summed E-state index contributed by atoms with van der Waals surface area (Å²) < 4.78 is 23.2. The van der Waals surface area contributed by atoms with Crippen LogP contribution in [-0.4, -0.2) is 6.71 Å². The molecule has 15 aromatic carbocycles. The lowest BCUT2D eigenvalue weighted by Gasteiger charge is -2.47. The molecule has 0 saturated heterocycles. The van der Waals surface area contributed by atoms with E-state index in [1.807, 2.05) is 0 Å². The lowest BCUT2D eigenvalue weighted by molar-refractivity contribution is 0.590. The van der Waals surface area contributed by atoms with Crippen LogP contribution in [0.4, 0.5) is 34.1 Å². The van der Waals surface area contributed by atoms with Gasteiger partial charge < -0.3 is 9.80 Å². The smallest absolute Gasteiger partial charge is 0.252 e. The molecule has 0 aromatic heterocycles. The van der Waals surface area contributed by atoms with Crippen LogP contribution in [0.15, 0.2) is 328 Å². The van der Waals surface area contributed by atoms with Crippen molar-refractivity contribution in [1.29, 1.82) is 0 Å². The molecule has 486 valence electrons. The van der Waals surface area contributed by atoms with Gasteiger partial charge in [0.15, 0.2) is 0 Å². The summed E-state index contributed by atoms with van der Waals surface area (Å²) in [5, 5.41) is 4.74. The van der Waals surface area contributed by atoms with Crippen LogP contribution in [0.2, 0.25) is 0 Å². The molecule has 17 rings (SSSR count). The highest BCUT2D eigenvalue weighted by Gasteiger charge is 2.46. The normalized spacial score (nSPS) is 13.0. The van der Waals surface area contributed by atoms with Crippen molar-refractivity contribution in [1.82, 2.24) is 0 Å². The van der Waals surface area contributed by atoms with Crippen molar-refractivity contribution in [3.05, 3.63) is 344 Å². The zero-order valence-corrected chi connectivity index (χ0v) is 59.0. The molecule has 0 aliphatic carbocycles. The second-order valence-electron chi connectivity index (χ2n) is 30.7. The van der Waals surface area contributed by atoms with Gasteiger partial charge in [-0.25, -0.2) is 0 Å². The monoisotopic (exact) mass is 1300 g/mol. The van der Waals surface area contributed by atoms with Crippen molar-refractivity contribution < 1.29 is 2.74 Å². The molecule has 0 unspecified atom stereocenters. The highest BCUT2D eigenvalue weighted by molar-refractivity contribution is 7.00. The quantitative estimate of drug-likeness (QED) is 0.0995. The van der Waals surface area contributed by atoms with E-state index in [0.29, 0.717) is 17.6 Å². The first-order valence-corrected chi connectivity index (χ1v) is 35.7. The molecule has 2 aliphatic heterocycles. The van der Waals surface area contributed by atoms with E-state index >= 15 is 0 Å². The summed E-state index contributed by atoms with van der Waals surface area (Å²) >= 11 is 0. The molecular weight excluding hydrogens is 1220 g/mol. The predicted molar refractivity (Wildman–Crippen MR) is 435 cm³/mol. The van der Waals surface area contributed by atoms with Crippen molar-refractivity contribution in [3.8, 4) is 89.0 Å². The summed E-state index contributed by atoms with van der Waals surface area (Å²) in [5.74, 6) is 0. The minimum Gasteiger partial charge on any atom is -0.310 e. The number of fused-ring (bicyclic) bond motifs is 7. The van der Waals surface area contributed by atoms with Gasteiger partial charge in [-0.05, 0) is 192 Å². The van der Waals surface area contributed by atoms with Gasteiger partial charge in [-0.1, -0.05) is 335 Å². The lowest BCUT2D eigenvalue weighted by atomic mass is 9.33. The maximum absolute atomic E-state index is 11.6. The molecule has 101 heavy (non-hydrogen) atoms. The Morgan fingerprint density at radius 2 is 0.545 bits per heavy atom. The van der Waals surface area contributed by atoms with Gasteiger partial charge in [0.2, 0.25) is 0 Å². The van der Waals surface area contributed by atoms with Crippen molar-refractivity contribution in [2.75, 3.05) is 9.80 Å².